The number of nitriles is 1. The first-order valence-corrected chi connectivity index (χ1v) is 5.65. The van der Waals surface area contributed by atoms with Gasteiger partial charge < -0.3 is 4.90 Å². The lowest BCUT2D eigenvalue weighted by atomic mass is 10.1. The van der Waals surface area contributed by atoms with E-state index in [0.29, 0.717) is 12.1 Å². The molecule has 0 aliphatic rings. The second-order valence-electron chi connectivity index (χ2n) is 3.99. The highest BCUT2D eigenvalue weighted by molar-refractivity contribution is 6.30. The molecule has 0 radical (unpaired) electrons. The van der Waals surface area contributed by atoms with Crippen molar-refractivity contribution < 1.29 is 4.39 Å². The molecule has 0 heterocycles. The molecule has 1 aromatic rings. The van der Waals surface area contributed by atoms with Gasteiger partial charge in [0, 0.05) is 13.1 Å². The number of hydrogen-bond acceptors (Lipinski definition) is 3. The highest BCUT2D eigenvalue weighted by Crippen LogP contribution is 2.19. The van der Waals surface area contributed by atoms with Gasteiger partial charge in [0.25, 0.3) is 0 Å². The van der Waals surface area contributed by atoms with Crippen LogP contribution in [0, 0.1) is 17.1 Å². The molecule has 1 atom stereocenters. The lowest BCUT2D eigenvalue weighted by Gasteiger charge is -2.14. The quantitative estimate of drug-likeness (QED) is 0.877. The summed E-state index contributed by atoms with van der Waals surface area (Å²) in [4.78, 5) is 2.00. The fraction of sp³-hybridized carbons (Fsp3) is 0.417. The molecule has 0 spiro atoms. The third kappa shape index (κ3) is 4.31. The van der Waals surface area contributed by atoms with E-state index in [0.717, 1.165) is 6.54 Å². The maximum Gasteiger partial charge on any atom is 0.142 e. The van der Waals surface area contributed by atoms with Gasteiger partial charge in [-0.3, -0.25) is 5.32 Å². The molecule has 0 saturated heterocycles. The summed E-state index contributed by atoms with van der Waals surface area (Å²) < 4.78 is 13.2. The van der Waals surface area contributed by atoms with E-state index >= 15 is 0 Å². The molecule has 3 nitrogen and oxygen atoms in total. The predicted molar refractivity (Wildman–Crippen MR) is 66.3 cm³/mol. The van der Waals surface area contributed by atoms with Crippen molar-refractivity contribution in [3.8, 4) is 6.07 Å². The molecule has 17 heavy (non-hydrogen) atoms. The average molecular weight is 256 g/mol. The van der Waals surface area contributed by atoms with Crippen molar-refractivity contribution in [2.75, 3.05) is 27.2 Å². The Morgan fingerprint density at radius 3 is 2.76 bits per heavy atom. The zero-order valence-corrected chi connectivity index (χ0v) is 10.6. The highest BCUT2D eigenvalue weighted by Gasteiger charge is 2.11. The van der Waals surface area contributed by atoms with Crippen LogP contribution in [0.4, 0.5) is 4.39 Å². The molecule has 0 aromatic heterocycles. The van der Waals surface area contributed by atoms with Crippen LogP contribution in [-0.2, 0) is 0 Å². The standard InChI is InChI=1S/C12H15ClFN3/c1-17(2)6-5-16-12(8-15)9-3-4-10(13)11(14)7-9/h3-4,7,12,16H,5-6H2,1-2H3. The molecule has 0 bridgehead atoms. The second kappa shape index (κ2) is 6.55. The lowest BCUT2D eigenvalue weighted by molar-refractivity contribution is 0.395. The van der Waals surface area contributed by atoms with Crippen molar-refractivity contribution in [3.05, 3.63) is 34.6 Å². The molecule has 0 fully saturated rings. The van der Waals surface area contributed by atoms with Gasteiger partial charge in [-0.15, -0.1) is 0 Å². The summed E-state index contributed by atoms with van der Waals surface area (Å²) >= 11 is 5.59. The van der Waals surface area contributed by atoms with Crippen LogP contribution in [0.2, 0.25) is 5.02 Å². The summed E-state index contributed by atoms with van der Waals surface area (Å²) in [5, 5.41) is 12.1. The van der Waals surface area contributed by atoms with Crippen LogP contribution in [0.25, 0.3) is 0 Å². The van der Waals surface area contributed by atoms with Gasteiger partial charge in [0.1, 0.15) is 11.9 Å². The molecule has 1 unspecified atom stereocenters. The Morgan fingerprint density at radius 2 is 2.24 bits per heavy atom. The molecule has 5 heteroatoms. The van der Waals surface area contributed by atoms with E-state index in [1.165, 1.54) is 12.1 Å². The molecule has 0 aliphatic carbocycles. The third-order valence-corrected chi connectivity index (χ3v) is 2.62. The largest absolute Gasteiger partial charge is 0.308 e. The van der Waals surface area contributed by atoms with Crippen molar-refractivity contribution in [3.63, 3.8) is 0 Å². The zero-order chi connectivity index (χ0) is 12.8. The zero-order valence-electron chi connectivity index (χ0n) is 9.87. The maximum absolute atomic E-state index is 13.2. The number of nitrogens with one attached hydrogen (secondary N) is 1. The molecule has 0 aliphatic heterocycles. The number of nitrogens with zero attached hydrogens (tertiary/aromatic N) is 2. The van der Waals surface area contributed by atoms with Crippen molar-refractivity contribution in [1.82, 2.24) is 10.2 Å². The monoisotopic (exact) mass is 255 g/mol. The van der Waals surface area contributed by atoms with Crippen LogP contribution < -0.4 is 5.32 Å². The van der Waals surface area contributed by atoms with E-state index in [1.54, 1.807) is 6.07 Å². The Bertz CT molecular complexity index is 415. The first kappa shape index (κ1) is 13.9. The van der Waals surface area contributed by atoms with Gasteiger partial charge in [-0.25, -0.2) is 4.39 Å². The Morgan fingerprint density at radius 1 is 1.53 bits per heavy atom. The Labute approximate surface area is 106 Å². The summed E-state index contributed by atoms with van der Waals surface area (Å²) in [6.07, 6.45) is 0. The molecule has 1 aromatic carbocycles. The Kier molecular flexibility index (Phi) is 5.36. The molecular weight excluding hydrogens is 241 g/mol. The second-order valence-corrected chi connectivity index (χ2v) is 4.40. The number of rotatable bonds is 5. The van der Waals surface area contributed by atoms with E-state index in [-0.39, 0.29) is 5.02 Å². The summed E-state index contributed by atoms with van der Waals surface area (Å²) in [5.41, 5.74) is 0.591. The van der Waals surface area contributed by atoms with Crippen LogP contribution in [0.5, 0.6) is 0 Å². The Balaban J connectivity index is 2.67. The van der Waals surface area contributed by atoms with Gasteiger partial charge in [0.15, 0.2) is 0 Å². The first-order valence-electron chi connectivity index (χ1n) is 5.27. The smallest absolute Gasteiger partial charge is 0.142 e. The van der Waals surface area contributed by atoms with Crippen LogP contribution in [0.15, 0.2) is 18.2 Å². The average Bonchev–Trinajstić information content (AvgIpc) is 2.28. The molecule has 0 saturated carbocycles. The van der Waals surface area contributed by atoms with Crippen LogP contribution in [-0.4, -0.2) is 32.1 Å². The van der Waals surface area contributed by atoms with Gasteiger partial charge in [-0.2, -0.15) is 5.26 Å². The molecule has 1 N–H and O–H groups in total. The van der Waals surface area contributed by atoms with E-state index in [1.807, 2.05) is 19.0 Å². The van der Waals surface area contributed by atoms with Crippen molar-refractivity contribution >= 4 is 11.6 Å². The topological polar surface area (TPSA) is 39.1 Å². The van der Waals surface area contributed by atoms with Gasteiger partial charge in [0.2, 0.25) is 0 Å². The minimum Gasteiger partial charge on any atom is -0.308 e. The maximum atomic E-state index is 13.2. The minimum absolute atomic E-state index is 0.0683. The van der Waals surface area contributed by atoms with Crippen molar-refractivity contribution in [1.29, 1.82) is 5.26 Å². The fourth-order valence-corrected chi connectivity index (χ4v) is 1.48. The molecule has 1 rings (SSSR count). The van der Waals surface area contributed by atoms with Gasteiger partial charge in [-0.1, -0.05) is 17.7 Å². The van der Waals surface area contributed by atoms with E-state index in [4.69, 9.17) is 16.9 Å². The number of benzene rings is 1. The number of likely N-dealkylation sites (N-methyl/N-ethyl adjacent to an activating group) is 1. The van der Waals surface area contributed by atoms with Gasteiger partial charge in [0.05, 0.1) is 11.1 Å². The number of hydrogen-bond donors (Lipinski definition) is 1. The van der Waals surface area contributed by atoms with Gasteiger partial charge in [-0.05, 0) is 31.8 Å². The summed E-state index contributed by atoms with van der Waals surface area (Å²) in [5.74, 6) is -0.501. The van der Waals surface area contributed by atoms with Crippen LogP contribution in [0.1, 0.15) is 11.6 Å². The van der Waals surface area contributed by atoms with Crippen LogP contribution >= 0.6 is 11.6 Å². The Hall–Kier alpha value is -1.15. The van der Waals surface area contributed by atoms with Crippen molar-refractivity contribution in [2.24, 2.45) is 0 Å². The van der Waals surface area contributed by atoms with E-state index in [2.05, 4.69) is 11.4 Å². The normalized spacial score (nSPS) is 12.5. The SMILES string of the molecule is CN(C)CCNC(C#N)c1ccc(Cl)c(F)c1. The molecule has 92 valence electrons. The molecular formula is C12H15ClFN3. The van der Waals surface area contributed by atoms with Crippen molar-refractivity contribution in [2.45, 2.75) is 6.04 Å². The number of halogens is 2. The fourth-order valence-electron chi connectivity index (χ4n) is 1.36. The van der Waals surface area contributed by atoms with Gasteiger partial charge >= 0.3 is 0 Å². The predicted octanol–water partition coefficient (Wildman–Crippen LogP) is 2.19. The molecule has 0 amide bonds. The first-order chi connectivity index (χ1) is 8.04. The van der Waals surface area contributed by atoms with Crippen LogP contribution in [0.3, 0.4) is 0 Å². The summed E-state index contributed by atoms with van der Waals surface area (Å²) in [7, 11) is 3.90. The summed E-state index contributed by atoms with van der Waals surface area (Å²) in [6, 6.07) is 5.99. The minimum atomic E-state index is -0.512. The van der Waals surface area contributed by atoms with E-state index < -0.39 is 11.9 Å². The lowest BCUT2D eigenvalue weighted by Crippen LogP contribution is -2.29. The van der Waals surface area contributed by atoms with E-state index in [9.17, 15) is 4.39 Å². The summed E-state index contributed by atoms with van der Waals surface area (Å²) in [6.45, 7) is 1.48. The third-order valence-electron chi connectivity index (χ3n) is 2.31. The highest BCUT2D eigenvalue weighted by atomic mass is 35.5.